The third-order valence-corrected chi connectivity index (χ3v) is 7.28. The summed E-state index contributed by atoms with van der Waals surface area (Å²) in [5.41, 5.74) is 1.11. The van der Waals surface area contributed by atoms with Crippen LogP contribution in [-0.2, 0) is 4.79 Å². The third-order valence-electron chi connectivity index (χ3n) is 6.30. The Labute approximate surface area is 199 Å². The molecule has 3 atom stereocenters. The van der Waals surface area contributed by atoms with Crippen molar-refractivity contribution < 1.29 is 9.53 Å². The molecule has 2 aliphatic heterocycles. The van der Waals surface area contributed by atoms with E-state index in [0.29, 0.717) is 20.8 Å². The number of carbonyl (C=O) groups excluding carboxylic acids is 1. The van der Waals surface area contributed by atoms with Crippen LogP contribution in [0.2, 0.25) is 0 Å². The van der Waals surface area contributed by atoms with Gasteiger partial charge in [-0.3, -0.25) is 14.2 Å². The van der Waals surface area contributed by atoms with Crippen LogP contribution in [0, 0.1) is 5.92 Å². The van der Waals surface area contributed by atoms with E-state index in [1.807, 2.05) is 97.9 Å². The number of amides is 1. The molecule has 1 amide bonds. The first kappa shape index (κ1) is 20.6. The first-order valence-corrected chi connectivity index (χ1v) is 11.9. The van der Waals surface area contributed by atoms with Gasteiger partial charge in [-0.15, -0.1) is 0 Å². The number of para-hydroxylation sites is 2. The Morgan fingerprint density at radius 3 is 2.47 bits per heavy atom. The highest BCUT2D eigenvalue weighted by Crippen LogP contribution is 2.47. The number of fused-ring (bicyclic) bond motifs is 6. The smallest absolute Gasteiger partial charge is 0.270 e. The minimum atomic E-state index is -1.15. The Bertz CT molecular complexity index is 1580. The Morgan fingerprint density at radius 1 is 1.03 bits per heavy atom. The molecule has 7 heteroatoms. The Hall–Kier alpha value is -3.97. The van der Waals surface area contributed by atoms with Gasteiger partial charge in [0.15, 0.2) is 4.80 Å². The zero-order valence-corrected chi connectivity index (χ0v) is 19.2. The molecule has 168 valence electrons. The lowest BCUT2D eigenvalue weighted by Gasteiger charge is -2.45. The number of nitrogens with one attached hydrogen (secondary N) is 1. The molecule has 0 saturated heterocycles. The predicted octanol–water partition coefficient (Wildman–Crippen LogP) is 3.32. The summed E-state index contributed by atoms with van der Waals surface area (Å²) < 4.78 is 8.57. The Balaban J connectivity index is 1.55. The van der Waals surface area contributed by atoms with Gasteiger partial charge in [-0.25, -0.2) is 4.99 Å². The molecule has 4 aromatic rings. The summed E-state index contributed by atoms with van der Waals surface area (Å²) in [4.78, 5) is 32.7. The molecule has 0 spiro atoms. The first-order chi connectivity index (χ1) is 16.5. The van der Waals surface area contributed by atoms with Crippen LogP contribution in [0.1, 0.15) is 24.1 Å². The number of carbonyl (C=O) groups is 1. The summed E-state index contributed by atoms with van der Waals surface area (Å²) in [5, 5.41) is 2.99. The summed E-state index contributed by atoms with van der Waals surface area (Å²) in [6.07, 6.45) is 1.87. The minimum absolute atomic E-state index is 0.158. The molecule has 6 rings (SSSR count). The second-order valence-electron chi connectivity index (χ2n) is 8.56. The molecule has 1 N–H and O–H groups in total. The molecule has 3 heterocycles. The van der Waals surface area contributed by atoms with Crippen LogP contribution in [0.4, 0.5) is 5.69 Å². The van der Waals surface area contributed by atoms with Crippen molar-refractivity contribution in [2.45, 2.75) is 18.7 Å². The lowest BCUT2D eigenvalue weighted by Crippen LogP contribution is -2.59. The number of hydrogen-bond acceptors (Lipinski definition) is 5. The van der Waals surface area contributed by atoms with Gasteiger partial charge in [0, 0.05) is 11.3 Å². The molecule has 1 aromatic heterocycles. The molecule has 0 aliphatic carbocycles. The molecule has 0 saturated carbocycles. The molecule has 3 aromatic carbocycles. The van der Waals surface area contributed by atoms with Gasteiger partial charge in [0.05, 0.1) is 10.6 Å². The standard InChI is InChI=1S/C27H21N3O3S/c1-27-22(24(31)28-18-12-6-3-7-13-18)23(19-14-8-9-15-20(19)33-27)30-25(32)21(34-26(30)29-27)16-17-10-4-2-5-11-17/h2-16,22-23H,1H3,(H,28,31)/b21-16+/t22-,23+,27-/m1/s1. The fourth-order valence-corrected chi connectivity index (χ4v) is 5.88. The van der Waals surface area contributed by atoms with E-state index in [2.05, 4.69) is 5.32 Å². The molecular formula is C27H21N3O3S. The van der Waals surface area contributed by atoms with Crippen molar-refractivity contribution in [3.8, 4) is 5.75 Å². The van der Waals surface area contributed by atoms with Crippen LogP contribution in [0.5, 0.6) is 5.75 Å². The van der Waals surface area contributed by atoms with Gasteiger partial charge >= 0.3 is 0 Å². The molecule has 2 aliphatic rings. The van der Waals surface area contributed by atoms with Gasteiger partial charge in [-0.1, -0.05) is 78.1 Å². The molecule has 6 nitrogen and oxygen atoms in total. The fourth-order valence-electron chi connectivity index (χ4n) is 4.79. The molecule has 0 radical (unpaired) electrons. The second-order valence-corrected chi connectivity index (χ2v) is 9.57. The maximum absolute atomic E-state index is 13.7. The summed E-state index contributed by atoms with van der Waals surface area (Å²) in [6.45, 7) is 1.82. The SMILES string of the molecule is C[C@@]12N=c3s/c(=C/c4ccccc4)c(=O)n3[C@@H](c3ccccc3O1)[C@@H]2C(=O)Nc1ccccc1. The van der Waals surface area contributed by atoms with Crippen LogP contribution in [0.25, 0.3) is 6.08 Å². The highest BCUT2D eigenvalue weighted by atomic mass is 32.1. The van der Waals surface area contributed by atoms with Gasteiger partial charge in [-0.2, -0.15) is 0 Å². The first-order valence-electron chi connectivity index (χ1n) is 11.1. The van der Waals surface area contributed by atoms with E-state index in [0.717, 1.165) is 11.1 Å². The summed E-state index contributed by atoms with van der Waals surface area (Å²) >= 11 is 1.32. The Morgan fingerprint density at radius 2 is 1.71 bits per heavy atom. The van der Waals surface area contributed by atoms with E-state index in [4.69, 9.17) is 9.73 Å². The highest BCUT2D eigenvalue weighted by molar-refractivity contribution is 7.07. The van der Waals surface area contributed by atoms with Gasteiger partial charge in [0.2, 0.25) is 11.6 Å². The quantitative estimate of drug-likeness (QED) is 0.502. The second kappa shape index (κ2) is 7.81. The van der Waals surface area contributed by atoms with Crippen LogP contribution in [-0.4, -0.2) is 16.2 Å². The largest absolute Gasteiger partial charge is 0.465 e. The molecule has 34 heavy (non-hydrogen) atoms. The van der Waals surface area contributed by atoms with E-state index in [9.17, 15) is 9.59 Å². The number of anilines is 1. The van der Waals surface area contributed by atoms with E-state index < -0.39 is 17.7 Å². The van der Waals surface area contributed by atoms with Crippen LogP contribution in [0.3, 0.4) is 0 Å². The van der Waals surface area contributed by atoms with Crippen molar-refractivity contribution in [1.29, 1.82) is 0 Å². The maximum atomic E-state index is 13.7. The molecule has 2 bridgehead atoms. The van der Waals surface area contributed by atoms with Crippen LogP contribution in [0.15, 0.2) is 94.7 Å². The Kier molecular flexibility index (Phi) is 4.74. The van der Waals surface area contributed by atoms with Crippen molar-refractivity contribution in [1.82, 2.24) is 4.57 Å². The summed E-state index contributed by atoms with van der Waals surface area (Å²) in [7, 11) is 0. The maximum Gasteiger partial charge on any atom is 0.270 e. The molecular weight excluding hydrogens is 446 g/mol. The summed E-state index contributed by atoms with van der Waals surface area (Å²) in [6, 6.07) is 26.0. The average molecular weight is 468 g/mol. The number of benzene rings is 3. The van der Waals surface area contributed by atoms with Crippen molar-refractivity contribution in [2.75, 3.05) is 5.32 Å². The average Bonchev–Trinajstić information content (AvgIpc) is 3.13. The fraction of sp³-hybridized carbons (Fsp3) is 0.148. The van der Waals surface area contributed by atoms with Crippen molar-refractivity contribution in [2.24, 2.45) is 10.9 Å². The predicted molar refractivity (Wildman–Crippen MR) is 132 cm³/mol. The monoisotopic (exact) mass is 467 g/mol. The third kappa shape index (κ3) is 3.28. The van der Waals surface area contributed by atoms with E-state index >= 15 is 0 Å². The number of hydrogen-bond donors (Lipinski definition) is 1. The highest BCUT2D eigenvalue weighted by Gasteiger charge is 2.55. The zero-order valence-electron chi connectivity index (χ0n) is 18.3. The molecule has 0 unspecified atom stereocenters. The lowest BCUT2D eigenvalue weighted by atomic mass is 9.80. The van der Waals surface area contributed by atoms with E-state index in [1.165, 1.54) is 11.3 Å². The van der Waals surface area contributed by atoms with Gasteiger partial charge in [0.25, 0.3) is 5.56 Å². The number of nitrogens with zero attached hydrogens (tertiary/aromatic N) is 2. The van der Waals surface area contributed by atoms with Gasteiger partial charge < -0.3 is 10.1 Å². The van der Waals surface area contributed by atoms with Crippen molar-refractivity contribution in [3.63, 3.8) is 0 Å². The minimum Gasteiger partial charge on any atom is -0.465 e. The normalized spacial score (nSPS) is 22.7. The number of thiazole rings is 1. The van der Waals surface area contributed by atoms with Gasteiger partial charge in [-0.05, 0) is 36.8 Å². The van der Waals surface area contributed by atoms with Crippen molar-refractivity contribution >= 4 is 29.0 Å². The number of rotatable bonds is 3. The zero-order chi connectivity index (χ0) is 23.3. The van der Waals surface area contributed by atoms with Crippen LogP contribution < -0.4 is 24.9 Å². The number of ether oxygens (including phenoxy) is 1. The molecule has 0 fully saturated rings. The van der Waals surface area contributed by atoms with Crippen molar-refractivity contribution in [3.05, 3.63) is 116 Å². The van der Waals surface area contributed by atoms with E-state index in [-0.39, 0.29) is 11.5 Å². The van der Waals surface area contributed by atoms with Gasteiger partial charge in [0.1, 0.15) is 11.7 Å². The number of aromatic nitrogens is 1. The van der Waals surface area contributed by atoms with Crippen LogP contribution >= 0.6 is 11.3 Å². The lowest BCUT2D eigenvalue weighted by molar-refractivity contribution is -0.131. The topological polar surface area (TPSA) is 72.7 Å². The summed E-state index contributed by atoms with van der Waals surface area (Å²) in [5.74, 6) is -0.332. The van der Waals surface area contributed by atoms with E-state index in [1.54, 1.807) is 4.57 Å².